The normalized spacial score (nSPS) is 11.2. The van der Waals surface area contributed by atoms with Crippen LogP contribution in [0.15, 0.2) is 12.7 Å². The maximum atomic E-state index is 10.8. The lowest BCUT2D eigenvalue weighted by Gasteiger charge is -2.09. The van der Waals surface area contributed by atoms with Crippen molar-refractivity contribution in [3.05, 3.63) is 12.7 Å². The van der Waals surface area contributed by atoms with E-state index in [9.17, 15) is 9.59 Å². The van der Waals surface area contributed by atoms with Gasteiger partial charge in [-0.05, 0) is 0 Å². The number of carboxylic acids is 1. The number of carbonyl (C=O) groups excluding carboxylic acids is 1. The molecule has 254 valence electrons. The van der Waals surface area contributed by atoms with Crippen molar-refractivity contribution >= 4 is 11.9 Å². The zero-order valence-corrected chi connectivity index (χ0v) is 25.4. The molecule has 0 aromatic heterocycles. The monoisotopic (exact) mass is 628 g/mol. The van der Waals surface area contributed by atoms with Crippen LogP contribution in [0, 0.1) is 0 Å². The molecule has 0 rings (SSSR count). The molecule has 0 saturated heterocycles. The highest BCUT2D eigenvalue weighted by molar-refractivity contribution is 5.81. The minimum Gasteiger partial charge on any atom is -0.481 e. The maximum Gasteiger partial charge on any atom is 0.330 e. The Labute approximate surface area is 254 Å². The lowest BCUT2D eigenvalue weighted by Crippen LogP contribution is -2.15. The highest BCUT2D eigenvalue weighted by Gasteiger charge is 1.98. The van der Waals surface area contributed by atoms with Crippen molar-refractivity contribution in [1.82, 2.24) is 0 Å². The van der Waals surface area contributed by atoms with Gasteiger partial charge in [0, 0.05) is 6.08 Å². The summed E-state index contributed by atoms with van der Waals surface area (Å²) in [6, 6.07) is 0. The molecular formula is C28H52O15. The SMILES string of the molecule is C=CC(=O)OCCOCCOCCOCCOCCOCCOCCOCCOCCOCCOCCOCCC(=O)O. The predicted octanol–water partition coefficient (Wildman–Crippen LogP) is 0.373. The van der Waals surface area contributed by atoms with Crippen LogP contribution in [-0.4, -0.2) is 169 Å². The van der Waals surface area contributed by atoms with Gasteiger partial charge in [-0.15, -0.1) is 0 Å². The Balaban J connectivity index is 3.06. The van der Waals surface area contributed by atoms with Gasteiger partial charge >= 0.3 is 11.9 Å². The van der Waals surface area contributed by atoms with Gasteiger partial charge in [0.1, 0.15) is 6.61 Å². The van der Waals surface area contributed by atoms with Crippen molar-refractivity contribution in [2.45, 2.75) is 6.42 Å². The summed E-state index contributed by atoms with van der Waals surface area (Å²) in [5, 5.41) is 8.48. The van der Waals surface area contributed by atoms with Gasteiger partial charge in [-0.2, -0.15) is 0 Å². The number of rotatable bonds is 37. The Kier molecular flexibility index (Phi) is 34.9. The van der Waals surface area contributed by atoms with Crippen LogP contribution in [0.1, 0.15) is 6.42 Å². The molecule has 0 radical (unpaired) electrons. The van der Waals surface area contributed by atoms with Crippen LogP contribution in [0.3, 0.4) is 0 Å². The smallest absolute Gasteiger partial charge is 0.330 e. The van der Waals surface area contributed by atoms with Gasteiger partial charge in [0.05, 0.1) is 152 Å². The van der Waals surface area contributed by atoms with E-state index in [4.69, 9.17) is 61.9 Å². The van der Waals surface area contributed by atoms with E-state index < -0.39 is 11.9 Å². The molecule has 0 aromatic rings. The van der Waals surface area contributed by atoms with Crippen LogP contribution in [0.25, 0.3) is 0 Å². The number of aliphatic carboxylic acids is 1. The lowest BCUT2D eigenvalue weighted by molar-refractivity contribution is -0.140. The standard InChI is InChI=1S/C28H52O15/c1-2-28(31)43-26-25-42-24-23-41-22-21-40-20-19-39-18-17-38-16-15-37-14-13-36-12-11-35-10-9-34-8-7-33-6-5-32-4-3-27(29)30/h2H,1,3-26H2,(H,29,30). The van der Waals surface area contributed by atoms with Crippen molar-refractivity contribution in [1.29, 1.82) is 0 Å². The molecule has 0 heterocycles. The predicted molar refractivity (Wildman–Crippen MR) is 152 cm³/mol. The molecule has 0 aliphatic heterocycles. The topological polar surface area (TPSA) is 165 Å². The van der Waals surface area contributed by atoms with Gasteiger partial charge in [-0.25, -0.2) is 4.79 Å². The molecule has 0 aliphatic rings. The van der Waals surface area contributed by atoms with Crippen LogP contribution in [-0.2, 0) is 66.4 Å². The summed E-state index contributed by atoms with van der Waals surface area (Å²) in [6.45, 7) is 13.2. The molecule has 0 atom stereocenters. The van der Waals surface area contributed by atoms with Crippen LogP contribution >= 0.6 is 0 Å². The summed E-state index contributed by atoms with van der Waals surface area (Å²) in [6.07, 6.45) is 1.10. The van der Waals surface area contributed by atoms with Gasteiger partial charge in [0.15, 0.2) is 0 Å². The Morgan fingerprint density at radius 2 is 0.605 bits per heavy atom. The molecule has 15 nitrogen and oxygen atoms in total. The van der Waals surface area contributed by atoms with E-state index in [1.807, 2.05) is 0 Å². The average molecular weight is 629 g/mol. The summed E-state index contributed by atoms with van der Waals surface area (Å²) < 4.78 is 63.8. The Morgan fingerprint density at radius 1 is 0.395 bits per heavy atom. The first-order chi connectivity index (χ1) is 21.2. The Hall–Kier alpha value is -1.76. The molecule has 0 bridgehead atoms. The van der Waals surface area contributed by atoms with E-state index in [1.54, 1.807) is 0 Å². The first kappa shape index (κ1) is 41.2. The first-order valence-electron chi connectivity index (χ1n) is 14.5. The van der Waals surface area contributed by atoms with Crippen LogP contribution < -0.4 is 0 Å². The molecule has 15 heteroatoms. The number of esters is 1. The number of hydrogen-bond donors (Lipinski definition) is 1. The van der Waals surface area contributed by atoms with Crippen molar-refractivity contribution in [3.63, 3.8) is 0 Å². The second kappa shape index (κ2) is 36.4. The molecule has 0 unspecified atom stereocenters. The molecule has 0 fully saturated rings. The largest absolute Gasteiger partial charge is 0.481 e. The van der Waals surface area contributed by atoms with Crippen LogP contribution in [0.4, 0.5) is 0 Å². The van der Waals surface area contributed by atoms with Crippen molar-refractivity contribution in [2.75, 3.05) is 152 Å². The molecule has 0 amide bonds. The number of ether oxygens (including phenoxy) is 12. The van der Waals surface area contributed by atoms with E-state index in [0.717, 1.165) is 6.08 Å². The minimum atomic E-state index is -0.878. The third kappa shape index (κ3) is 38.2. The molecule has 0 aromatic carbocycles. The quantitative estimate of drug-likeness (QED) is 0.0569. The van der Waals surface area contributed by atoms with Crippen molar-refractivity contribution < 1.29 is 71.5 Å². The number of hydrogen-bond acceptors (Lipinski definition) is 14. The van der Waals surface area contributed by atoms with E-state index in [-0.39, 0.29) is 19.6 Å². The summed E-state index contributed by atoms with van der Waals surface area (Å²) >= 11 is 0. The van der Waals surface area contributed by atoms with Gasteiger partial charge in [0.25, 0.3) is 0 Å². The van der Waals surface area contributed by atoms with Gasteiger partial charge in [-0.1, -0.05) is 6.58 Å². The van der Waals surface area contributed by atoms with Gasteiger partial charge in [-0.3, -0.25) is 4.79 Å². The van der Waals surface area contributed by atoms with Gasteiger partial charge < -0.3 is 61.9 Å². The molecule has 0 aliphatic carbocycles. The molecule has 0 saturated carbocycles. The van der Waals surface area contributed by atoms with E-state index in [2.05, 4.69) is 6.58 Å². The molecule has 43 heavy (non-hydrogen) atoms. The fourth-order valence-electron chi connectivity index (χ4n) is 2.72. The summed E-state index contributed by atoms with van der Waals surface area (Å²) in [7, 11) is 0. The zero-order chi connectivity index (χ0) is 31.3. The first-order valence-corrected chi connectivity index (χ1v) is 14.5. The molecule has 0 spiro atoms. The fourth-order valence-corrected chi connectivity index (χ4v) is 2.72. The van der Waals surface area contributed by atoms with Crippen molar-refractivity contribution in [2.24, 2.45) is 0 Å². The van der Waals surface area contributed by atoms with Crippen LogP contribution in [0.5, 0.6) is 0 Å². The lowest BCUT2D eigenvalue weighted by atomic mass is 10.5. The van der Waals surface area contributed by atoms with E-state index in [1.165, 1.54) is 0 Å². The fraction of sp³-hybridized carbons (Fsp3) is 0.857. The van der Waals surface area contributed by atoms with Gasteiger partial charge in [0.2, 0.25) is 0 Å². The maximum absolute atomic E-state index is 10.8. The average Bonchev–Trinajstić information content (AvgIpc) is 3.00. The molecular weight excluding hydrogens is 576 g/mol. The summed E-state index contributed by atoms with van der Waals surface area (Å²) in [5.41, 5.74) is 0. The molecule has 1 N–H and O–H groups in total. The third-order valence-corrected chi connectivity index (χ3v) is 4.82. The Morgan fingerprint density at radius 3 is 0.814 bits per heavy atom. The van der Waals surface area contributed by atoms with Crippen molar-refractivity contribution in [3.8, 4) is 0 Å². The van der Waals surface area contributed by atoms with Crippen LogP contribution in [0.2, 0.25) is 0 Å². The number of carboxylic acid groups (broad SMARTS) is 1. The van der Waals surface area contributed by atoms with E-state index >= 15 is 0 Å². The third-order valence-electron chi connectivity index (χ3n) is 4.82. The van der Waals surface area contributed by atoms with E-state index in [0.29, 0.717) is 139 Å². The highest BCUT2D eigenvalue weighted by Crippen LogP contribution is 1.88. The summed E-state index contributed by atoms with van der Waals surface area (Å²) in [5.74, 6) is -1.34. The second-order valence-corrected chi connectivity index (χ2v) is 8.25. The zero-order valence-electron chi connectivity index (χ0n) is 25.4. The minimum absolute atomic E-state index is 0.00581. The Bertz CT molecular complexity index is 609. The number of carbonyl (C=O) groups is 2. The summed E-state index contributed by atoms with van der Waals surface area (Å²) in [4.78, 5) is 21.1. The highest BCUT2D eigenvalue weighted by atomic mass is 16.6. The second-order valence-electron chi connectivity index (χ2n) is 8.25.